The van der Waals surface area contributed by atoms with Crippen molar-refractivity contribution >= 4 is 11.6 Å². The molecule has 1 aromatic carbocycles. The predicted molar refractivity (Wildman–Crippen MR) is 70.6 cm³/mol. The number of halogens is 1. The maximum atomic E-state index is 9.08. The van der Waals surface area contributed by atoms with Crippen molar-refractivity contribution in [3.63, 3.8) is 0 Å². The molecular weight excluding hydrogens is 238 g/mol. The highest BCUT2D eigenvalue weighted by molar-refractivity contribution is 6.30. The lowest BCUT2D eigenvalue weighted by molar-refractivity contribution is 0.218. The van der Waals surface area contributed by atoms with Gasteiger partial charge in [0, 0.05) is 30.3 Å². The SMILES string of the molecule is CCC(CO)CNCc1cc(Cl)ccc1OC. The summed E-state index contributed by atoms with van der Waals surface area (Å²) in [5, 5.41) is 13.1. The average Bonchev–Trinajstić information content (AvgIpc) is 2.35. The van der Waals surface area contributed by atoms with Crippen molar-refractivity contribution in [2.75, 3.05) is 20.3 Å². The van der Waals surface area contributed by atoms with Crippen LogP contribution in [0.2, 0.25) is 5.02 Å². The van der Waals surface area contributed by atoms with Crippen molar-refractivity contribution in [3.05, 3.63) is 28.8 Å². The van der Waals surface area contributed by atoms with Crippen LogP contribution in [0.1, 0.15) is 18.9 Å². The number of ether oxygens (including phenoxy) is 1. The van der Waals surface area contributed by atoms with Crippen molar-refractivity contribution in [2.24, 2.45) is 5.92 Å². The monoisotopic (exact) mass is 257 g/mol. The molecule has 0 bridgehead atoms. The fraction of sp³-hybridized carbons (Fsp3) is 0.538. The van der Waals surface area contributed by atoms with Crippen LogP contribution >= 0.6 is 11.6 Å². The lowest BCUT2D eigenvalue weighted by atomic mass is 10.1. The fourth-order valence-corrected chi connectivity index (χ4v) is 1.83. The quantitative estimate of drug-likeness (QED) is 0.789. The first-order valence-electron chi connectivity index (χ1n) is 5.85. The summed E-state index contributed by atoms with van der Waals surface area (Å²) in [4.78, 5) is 0. The second-order valence-electron chi connectivity index (χ2n) is 4.04. The van der Waals surface area contributed by atoms with E-state index >= 15 is 0 Å². The number of rotatable bonds is 7. The summed E-state index contributed by atoms with van der Waals surface area (Å²) >= 11 is 5.95. The lowest BCUT2D eigenvalue weighted by Crippen LogP contribution is -2.24. The van der Waals surface area contributed by atoms with E-state index in [2.05, 4.69) is 12.2 Å². The molecule has 0 aliphatic carbocycles. The molecule has 0 radical (unpaired) electrons. The van der Waals surface area contributed by atoms with Crippen LogP contribution in [-0.2, 0) is 6.54 Å². The normalized spacial score (nSPS) is 12.5. The van der Waals surface area contributed by atoms with E-state index in [4.69, 9.17) is 21.4 Å². The van der Waals surface area contributed by atoms with Crippen LogP contribution in [0.15, 0.2) is 18.2 Å². The van der Waals surface area contributed by atoms with Crippen molar-refractivity contribution in [1.82, 2.24) is 5.32 Å². The Bertz CT molecular complexity index is 340. The number of aliphatic hydroxyl groups excluding tert-OH is 1. The molecule has 0 aromatic heterocycles. The number of aliphatic hydroxyl groups is 1. The molecule has 0 saturated heterocycles. The largest absolute Gasteiger partial charge is 0.496 e. The molecule has 0 spiro atoms. The van der Waals surface area contributed by atoms with Crippen LogP contribution in [0.3, 0.4) is 0 Å². The van der Waals surface area contributed by atoms with Gasteiger partial charge in [-0.3, -0.25) is 0 Å². The molecule has 1 rings (SSSR count). The molecule has 0 amide bonds. The van der Waals surface area contributed by atoms with Gasteiger partial charge in [-0.05, 0) is 30.5 Å². The minimum Gasteiger partial charge on any atom is -0.496 e. The van der Waals surface area contributed by atoms with Crippen molar-refractivity contribution < 1.29 is 9.84 Å². The highest BCUT2D eigenvalue weighted by Gasteiger charge is 2.06. The van der Waals surface area contributed by atoms with E-state index in [0.29, 0.717) is 17.5 Å². The molecule has 1 unspecified atom stereocenters. The Kier molecular flexibility index (Phi) is 6.34. The van der Waals surface area contributed by atoms with E-state index in [-0.39, 0.29) is 6.61 Å². The molecule has 3 nitrogen and oxygen atoms in total. The number of hydrogen-bond donors (Lipinski definition) is 2. The summed E-state index contributed by atoms with van der Waals surface area (Å²) in [6.45, 7) is 3.78. The summed E-state index contributed by atoms with van der Waals surface area (Å²) < 4.78 is 5.26. The predicted octanol–water partition coefficient (Wildman–Crippen LogP) is 2.46. The Morgan fingerprint density at radius 1 is 1.47 bits per heavy atom. The van der Waals surface area contributed by atoms with E-state index in [0.717, 1.165) is 24.3 Å². The number of nitrogens with one attached hydrogen (secondary N) is 1. The van der Waals surface area contributed by atoms with Gasteiger partial charge >= 0.3 is 0 Å². The topological polar surface area (TPSA) is 41.5 Å². The van der Waals surface area contributed by atoms with Crippen molar-refractivity contribution in [1.29, 1.82) is 0 Å². The van der Waals surface area contributed by atoms with E-state index < -0.39 is 0 Å². The molecule has 0 aliphatic rings. The lowest BCUT2D eigenvalue weighted by Gasteiger charge is -2.14. The number of hydrogen-bond acceptors (Lipinski definition) is 3. The first-order chi connectivity index (χ1) is 8.21. The molecular formula is C13H20ClNO2. The van der Waals surface area contributed by atoms with Gasteiger partial charge in [-0.1, -0.05) is 18.5 Å². The molecule has 0 saturated carbocycles. The molecule has 17 heavy (non-hydrogen) atoms. The zero-order valence-electron chi connectivity index (χ0n) is 10.4. The number of benzene rings is 1. The van der Waals surface area contributed by atoms with Gasteiger partial charge in [0.15, 0.2) is 0 Å². The molecule has 0 heterocycles. The average molecular weight is 258 g/mol. The Morgan fingerprint density at radius 2 is 2.24 bits per heavy atom. The molecule has 0 fully saturated rings. The number of methoxy groups -OCH3 is 1. The van der Waals surface area contributed by atoms with Gasteiger partial charge < -0.3 is 15.2 Å². The summed E-state index contributed by atoms with van der Waals surface area (Å²) in [6, 6.07) is 5.57. The molecule has 1 aromatic rings. The van der Waals surface area contributed by atoms with Crippen LogP contribution in [0.25, 0.3) is 0 Å². The van der Waals surface area contributed by atoms with Gasteiger partial charge in [0.1, 0.15) is 5.75 Å². The molecule has 0 aliphatic heterocycles. The van der Waals surface area contributed by atoms with Crippen molar-refractivity contribution in [2.45, 2.75) is 19.9 Å². The van der Waals surface area contributed by atoms with Crippen LogP contribution in [-0.4, -0.2) is 25.4 Å². The van der Waals surface area contributed by atoms with E-state index in [1.54, 1.807) is 7.11 Å². The molecule has 4 heteroatoms. The van der Waals surface area contributed by atoms with Gasteiger partial charge in [0.05, 0.1) is 7.11 Å². The minimum atomic E-state index is 0.218. The Morgan fingerprint density at radius 3 is 2.82 bits per heavy atom. The third-order valence-corrected chi connectivity index (χ3v) is 3.06. The molecule has 1 atom stereocenters. The van der Waals surface area contributed by atoms with Crippen molar-refractivity contribution in [3.8, 4) is 5.75 Å². The van der Waals surface area contributed by atoms with Gasteiger partial charge in [0.25, 0.3) is 0 Å². The maximum Gasteiger partial charge on any atom is 0.123 e. The van der Waals surface area contributed by atoms with E-state index in [1.165, 1.54) is 0 Å². The van der Waals surface area contributed by atoms with Crippen LogP contribution < -0.4 is 10.1 Å². The summed E-state index contributed by atoms with van der Waals surface area (Å²) in [5.41, 5.74) is 1.03. The first kappa shape index (κ1) is 14.3. The summed E-state index contributed by atoms with van der Waals surface area (Å²) in [5.74, 6) is 1.14. The Hall–Kier alpha value is -0.770. The van der Waals surface area contributed by atoms with Crippen LogP contribution in [0.5, 0.6) is 5.75 Å². The minimum absolute atomic E-state index is 0.218. The van der Waals surface area contributed by atoms with Crippen LogP contribution in [0, 0.1) is 5.92 Å². The smallest absolute Gasteiger partial charge is 0.123 e. The van der Waals surface area contributed by atoms with Gasteiger partial charge in [-0.2, -0.15) is 0 Å². The fourth-order valence-electron chi connectivity index (χ4n) is 1.63. The standard InChI is InChI=1S/C13H20ClNO2/c1-3-10(9-16)7-15-8-11-6-12(14)4-5-13(11)17-2/h4-6,10,15-16H,3,7-9H2,1-2H3. The second-order valence-corrected chi connectivity index (χ2v) is 4.48. The Labute approximate surface area is 108 Å². The summed E-state index contributed by atoms with van der Waals surface area (Å²) in [6.07, 6.45) is 0.968. The van der Waals surface area contributed by atoms with E-state index in [1.807, 2.05) is 18.2 Å². The van der Waals surface area contributed by atoms with Gasteiger partial charge in [0.2, 0.25) is 0 Å². The van der Waals surface area contributed by atoms with Crippen LogP contribution in [0.4, 0.5) is 0 Å². The molecule has 2 N–H and O–H groups in total. The third kappa shape index (κ3) is 4.54. The van der Waals surface area contributed by atoms with E-state index in [9.17, 15) is 0 Å². The summed E-state index contributed by atoms with van der Waals surface area (Å²) in [7, 11) is 1.65. The van der Waals surface area contributed by atoms with Gasteiger partial charge in [-0.25, -0.2) is 0 Å². The first-order valence-corrected chi connectivity index (χ1v) is 6.23. The zero-order chi connectivity index (χ0) is 12.7. The Balaban J connectivity index is 2.53. The zero-order valence-corrected chi connectivity index (χ0v) is 11.1. The third-order valence-electron chi connectivity index (χ3n) is 2.83. The highest BCUT2D eigenvalue weighted by Crippen LogP contribution is 2.22. The maximum absolute atomic E-state index is 9.08. The van der Waals surface area contributed by atoms with Gasteiger partial charge in [-0.15, -0.1) is 0 Å². The highest BCUT2D eigenvalue weighted by atomic mass is 35.5. The second kappa shape index (κ2) is 7.54. The molecule has 96 valence electrons.